The molecule has 1 aliphatic heterocycles. The van der Waals surface area contributed by atoms with E-state index in [1.807, 2.05) is 0 Å². The Labute approximate surface area is 141 Å². The largest absolute Gasteiger partial charge is 0.311 e. The lowest BCUT2D eigenvalue weighted by atomic mass is 9.97. The summed E-state index contributed by atoms with van der Waals surface area (Å²) in [6.45, 7) is 3.43. The standard InChI is InChI=1S/C19H20FN3O/c20-18-4-2-1-3-17(18)6-5-16-7-10-22(11-8-16)13-14-23-12-9-21-15-19(23)24/h1-4,9,12,15-16H,7-8,10-11,13-14H2. The molecule has 0 saturated carbocycles. The lowest BCUT2D eigenvalue weighted by molar-refractivity contribution is 0.199. The summed E-state index contributed by atoms with van der Waals surface area (Å²) in [7, 11) is 0. The first-order valence-corrected chi connectivity index (χ1v) is 8.21. The first-order valence-electron chi connectivity index (χ1n) is 8.21. The molecule has 1 saturated heterocycles. The van der Waals surface area contributed by atoms with Crippen molar-refractivity contribution in [2.24, 2.45) is 5.92 Å². The summed E-state index contributed by atoms with van der Waals surface area (Å²) in [5, 5.41) is 0. The van der Waals surface area contributed by atoms with E-state index in [-0.39, 0.29) is 11.4 Å². The SMILES string of the molecule is O=c1cnccn1CCN1CCC(C#Cc2ccccc2F)CC1. The highest BCUT2D eigenvalue weighted by molar-refractivity contribution is 5.35. The van der Waals surface area contributed by atoms with Gasteiger partial charge in [-0.2, -0.15) is 0 Å². The molecule has 24 heavy (non-hydrogen) atoms. The van der Waals surface area contributed by atoms with E-state index < -0.39 is 0 Å². The molecule has 0 aliphatic carbocycles. The molecule has 1 aliphatic rings. The van der Waals surface area contributed by atoms with Crippen molar-refractivity contribution in [3.05, 3.63) is 64.6 Å². The predicted molar refractivity (Wildman–Crippen MR) is 90.9 cm³/mol. The Hall–Kier alpha value is -2.45. The third kappa shape index (κ3) is 4.30. The quantitative estimate of drug-likeness (QED) is 0.812. The Bertz CT molecular complexity index is 798. The van der Waals surface area contributed by atoms with Gasteiger partial charge in [-0.3, -0.25) is 9.78 Å². The molecule has 0 atom stereocenters. The van der Waals surface area contributed by atoms with Crippen LogP contribution in [0.1, 0.15) is 18.4 Å². The second-order valence-electron chi connectivity index (χ2n) is 5.97. The van der Waals surface area contributed by atoms with Crippen molar-refractivity contribution in [2.45, 2.75) is 19.4 Å². The number of aromatic nitrogens is 2. The number of benzene rings is 1. The van der Waals surface area contributed by atoms with E-state index in [1.165, 1.54) is 12.3 Å². The van der Waals surface area contributed by atoms with Gasteiger partial charge in [0, 0.05) is 31.4 Å². The maximum atomic E-state index is 13.6. The summed E-state index contributed by atoms with van der Waals surface area (Å²) < 4.78 is 15.2. The molecule has 0 spiro atoms. The zero-order chi connectivity index (χ0) is 16.8. The van der Waals surface area contributed by atoms with Crippen molar-refractivity contribution >= 4 is 0 Å². The normalized spacial score (nSPS) is 15.7. The Kier molecular flexibility index (Phi) is 5.39. The topological polar surface area (TPSA) is 38.1 Å². The molecule has 0 amide bonds. The average molecular weight is 325 g/mol. The van der Waals surface area contributed by atoms with Crippen molar-refractivity contribution in [1.29, 1.82) is 0 Å². The van der Waals surface area contributed by atoms with Crippen LogP contribution in [0.15, 0.2) is 47.7 Å². The summed E-state index contributed by atoms with van der Waals surface area (Å²) in [4.78, 5) is 17.8. The lowest BCUT2D eigenvalue weighted by Crippen LogP contribution is -2.36. The number of hydrogen-bond acceptors (Lipinski definition) is 3. The zero-order valence-corrected chi connectivity index (χ0v) is 13.5. The molecule has 5 heteroatoms. The van der Waals surface area contributed by atoms with E-state index in [0.717, 1.165) is 32.5 Å². The van der Waals surface area contributed by atoms with Crippen molar-refractivity contribution in [3.63, 3.8) is 0 Å². The molecule has 0 N–H and O–H groups in total. The molecule has 1 aromatic heterocycles. The number of likely N-dealkylation sites (tertiary alicyclic amines) is 1. The van der Waals surface area contributed by atoms with Crippen LogP contribution in [0, 0.1) is 23.6 Å². The van der Waals surface area contributed by atoms with Crippen LogP contribution >= 0.6 is 0 Å². The molecule has 1 aromatic carbocycles. The van der Waals surface area contributed by atoms with Crippen molar-refractivity contribution in [1.82, 2.24) is 14.5 Å². The fourth-order valence-electron chi connectivity index (χ4n) is 2.85. The molecule has 3 rings (SSSR count). The fraction of sp³-hybridized carbons (Fsp3) is 0.368. The predicted octanol–water partition coefficient (Wildman–Crippen LogP) is 2.15. The first-order chi connectivity index (χ1) is 11.7. The van der Waals surface area contributed by atoms with Gasteiger partial charge < -0.3 is 9.47 Å². The number of nitrogens with zero attached hydrogens (tertiary/aromatic N) is 3. The van der Waals surface area contributed by atoms with E-state index >= 15 is 0 Å². The molecule has 124 valence electrons. The Morgan fingerprint density at radius 1 is 1.21 bits per heavy atom. The highest BCUT2D eigenvalue weighted by atomic mass is 19.1. The minimum Gasteiger partial charge on any atom is -0.311 e. The maximum Gasteiger partial charge on any atom is 0.269 e. The van der Waals surface area contributed by atoms with Crippen LogP contribution < -0.4 is 5.56 Å². The van der Waals surface area contributed by atoms with Gasteiger partial charge in [-0.25, -0.2) is 4.39 Å². The molecular formula is C19H20FN3O. The second-order valence-corrected chi connectivity index (χ2v) is 5.97. The van der Waals surface area contributed by atoms with E-state index in [9.17, 15) is 9.18 Å². The van der Waals surface area contributed by atoms with E-state index in [4.69, 9.17) is 0 Å². The summed E-state index contributed by atoms with van der Waals surface area (Å²) in [6.07, 6.45) is 6.64. The van der Waals surface area contributed by atoms with Crippen LogP contribution in [0.2, 0.25) is 0 Å². The summed E-state index contributed by atoms with van der Waals surface area (Å²) in [6, 6.07) is 6.63. The van der Waals surface area contributed by atoms with Crippen LogP contribution in [-0.4, -0.2) is 34.1 Å². The van der Waals surface area contributed by atoms with Gasteiger partial charge in [-0.1, -0.05) is 24.0 Å². The van der Waals surface area contributed by atoms with Crippen LogP contribution in [0.4, 0.5) is 4.39 Å². The molecule has 2 heterocycles. The van der Waals surface area contributed by atoms with Gasteiger partial charge in [0.2, 0.25) is 0 Å². The zero-order valence-electron chi connectivity index (χ0n) is 13.5. The Balaban J connectivity index is 1.49. The van der Waals surface area contributed by atoms with Crippen LogP contribution in [0.5, 0.6) is 0 Å². The number of piperidine rings is 1. The Morgan fingerprint density at radius 2 is 2.00 bits per heavy atom. The minimum absolute atomic E-state index is 0.0665. The van der Waals surface area contributed by atoms with Gasteiger partial charge in [0.25, 0.3) is 5.56 Å². The van der Waals surface area contributed by atoms with Crippen LogP contribution in [0.3, 0.4) is 0 Å². The molecule has 0 radical (unpaired) electrons. The molecule has 2 aromatic rings. The van der Waals surface area contributed by atoms with Gasteiger partial charge >= 0.3 is 0 Å². The molecule has 4 nitrogen and oxygen atoms in total. The average Bonchev–Trinajstić information content (AvgIpc) is 2.61. The van der Waals surface area contributed by atoms with Gasteiger partial charge in [-0.05, 0) is 38.1 Å². The fourth-order valence-corrected chi connectivity index (χ4v) is 2.85. The van der Waals surface area contributed by atoms with Crippen molar-refractivity contribution < 1.29 is 4.39 Å². The molecule has 0 unspecified atom stereocenters. The first kappa shape index (κ1) is 16.4. The van der Waals surface area contributed by atoms with Gasteiger partial charge in [0.05, 0.1) is 11.8 Å². The highest BCUT2D eigenvalue weighted by Crippen LogP contribution is 2.16. The summed E-state index contributed by atoms with van der Waals surface area (Å²) >= 11 is 0. The Morgan fingerprint density at radius 3 is 2.75 bits per heavy atom. The summed E-state index contributed by atoms with van der Waals surface area (Å²) in [5.41, 5.74) is 0.403. The smallest absolute Gasteiger partial charge is 0.269 e. The number of rotatable bonds is 3. The summed E-state index contributed by atoms with van der Waals surface area (Å²) in [5.74, 6) is 6.22. The van der Waals surface area contributed by atoms with Gasteiger partial charge in [0.1, 0.15) is 5.82 Å². The lowest BCUT2D eigenvalue weighted by Gasteiger charge is -2.29. The van der Waals surface area contributed by atoms with Gasteiger partial charge in [0.15, 0.2) is 0 Å². The minimum atomic E-state index is -0.259. The third-order valence-electron chi connectivity index (χ3n) is 4.33. The van der Waals surface area contributed by atoms with Crippen LogP contribution in [-0.2, 0) is 6.54 Å². The maximum absolute atomic E-state index is 13.6. The third-order valence-corrected chi connectivity index (χ3v) is 4.33. The van der Waals surface area contributed by atoms with Crippen molar-refractivity contribution in [2.75, 3.05) is 19.6 Å². The second kappa shape index (κ2) is 7.89. The van der Waals surface area contributed by atoms with Gasteiger partial charge in [-0.15, -0.1) is 0 Å². The molecule has 1 fully saturated rings. The molecule has 0 bridgehead atoms. The number of hydrogen-bond donors (Lipinski definition) is 0. The van der Waals surface area contributed by atoms with E-state index in [0.29, 0.717) is 18.0 Å². The highest BCUT2D eigenvalue weighted by Gasteiger charge is 2.17. The monoisotopic (exact) mass is 325 g/mol. The van der Waals surface area contributed by atoms with Crippen molar-refractivity contribution in [3.8, 4) is 11.8 Å². The number of halogens is 1. The molecular weight excluding hydrogens is 305 g/mol. The van der Waals surface area contributed by atoms with E-state index in [2.05, 4.69) is 21.7 Å². The van der Waals surface area contributed by atoms with Crippen LogP contribution in [0.25, 0.3) is 0 Å². The van der Waals surface area contributed by atoms with E-state index in [1.54, 1.807) is 35.2 Å².